The van der Waals surface area contributed by atoms with Gasteiger partial charge in [-0.05, 0) is 12.5 Å². The van der Waals surface area contributed by atoms with E-state index in [0.717, 1.165) is 5.56 Å². The van der Waals surface area contributed by atoms with Crippen molar-refractivity contribution >= 4 is 5.78 Å². The van der Waals surface area contributed by atoms with Gasteiger partial charge < -0.3 is 5.11 Å². The number of aryl methyl sites for hydroxylation is 1. The summed E-state index contributed by atoms with van der Waals surface area (Å²) in [5, 5.41) is 9.70. The second-order valence-electron chi connectivity index (χ2n) is 3.87. The molecule has 0 heterocycles. The Labute approximate surface area is 84.6 Å². The van der Waals surface area contributed by atoms with E-state index < -0.39 is 6.10 Å². The van der Waals surface area contributed by atoms with Gasteiger partial charge in [-0.25, -0.2) is 0 Å². The smallest absolute Gasteiger partial charge is 0.168 e. The first-order valence-corrected chi connectivity index (χ1v) is 4.80. The van der Waals surface area contributed by atoms with E-state index in [1.54, 1.807) is 26.0 Å². The third kappa shape index (κ3) is 2.42. The average Bonchev–Trinajstić information content (AvgIpc) is 2.16. The van der Waals surface area contributed by atoms with Crippen molar-refractivity contribution in [2.45, 2.75) is 26.9 Å². The highest BCUT2D eigenvalue weighted by Gasteiger charge is 2.19. The Morgan fingerprint density at radius 1 is 1.21 bits per heavy atom. The summed E-state index contributed by atoms with van der Waals surface area (Å²) in [6, 6.07) is 7.37. The zero-order valence-electron chi connectivity index (χ0n) is 8.82. The first-order chi connectivity index (χ1) is 6.52. The van der Waals surface area contributed by atoms with E-state index in [1.165, 1.54) is 0 Å². The van der Waals surface area contributed by atoms with Gasteiger partial charge in [0.25, 0.3) is 0 Å². The van der Waals surface area contributed by atoms with E-state index in [9.17, 15) is 9.90 Å². The maximum Gasteiger partial charge on any atom is 0.168 e. The van der Waals surface area contributed by atoms with Crippen LogP contribution in [0.2, 0.25) is 0 Å². The molecular formula is C12H16O2. The molecule has 1 N–H and O–H groups in total. The Kier molecular flexibility index (Phi) is 3.42. The molecule has 1 aromatic rings. The van der Waals surface area contributed by atoms with Crippen LogP contribution in [0.4, 0.5) is 0 Å². The summed E-state index contributed by atoms with van der Waals surface area (Å²) in [6.45, 7) is 5.56. The molecule has 0 unspecified atom stereocenters. The molecule has 0 aliphatic rings. The van der Waals surface area contributed by atoms with Crippen LogP contribution in [0.25, 0.3) is 0 Å². The molecule has 2 heteroatoms. The second-order valence-corrected chi connectivity index (χ2v) is 3.87. The van der Waals surface area contributed by atoms with Gasteiger partial charge in [0.1, 0.15) is 6.10 Å². The number of Topliss-reactive ketones (excluding diaryl/α,β-unsaturated/α-hetero) is 1. The topological polar surface area (TPSA) is 37.3 Å². The maximum absolute atomic E-state index is 11.5. The molecule has 1 rings (SSSR count). The molecule has 14 heavy (non-hydrogen) atoms. The number of hydrogen-bond donors (Lipinski definition) is 1. The van der Waals surface area contributed by atoms with Crippen LogP contribution >= 0.6 is 0 Å². The first kappa shape index (κ1) is 10.9. The van der Waals surface area contributed by atoms with Gasteiger partial charge in [0.05, 0.1) is 0 Å². The molecule has 0 aromatic heterocycles. The molecule has 0 radical (unpaired) electrons. The van der Waals surface area contributed by atoms with Crippen LogP contribution in [0.1, 0.15) is 31.1 Å². The Morgan fingerprint density at radius 3 is 2.14 bits per heavy atom. The fourth-order valence-corrected chi connectivity index (χ4v) is 1.23. The summed E-state index contributed by atoms with van der Waals surface area (Å²) in [4.78, 5) is 11.5. The highest BCUT2D eigenvalue weighted by Crippen LogP contribution is 2.17. The summed E-state index contributed by atoms with van der Waals surface area (Å²) >= 11 is 0. The Morgan fingerprint density at radius 2 is 1.71 bits per heavy atom. The van der Waals surface area contributed by atoms with Crippen LogP contribution in [-0.4, -0.2) is 10.9 Å². The average molecular weight is 192 g/mol. The minimum Gasteiger partial charge on any atom is -0.381 e. The third-order valence-electron chi connectivity index (χ3n) is 2.23. The van der Waals surface area contributed by atoms with Gasteiger partial charge in [0, 0.05) is 5.92 Å². The number of carbonyl (C=O) groups excluding carboxylic acids is 1. The van der Waals surface area contributed by atoms with E-state index in [4.69, 9.17) is 0 Å². The Bertz CT molecular complexity index is 312. The number of carbonyl (C=O) groups is 1. The largest absolute Gasteiger partial charge is 0.381 e. The van der Waals surface area contributed by atoms with Crippen molar-refractivity contribution in [3.63, 3.8) is 0 Å². The zero-order valence-corrected chi connectivity index (χ0v) is 8.82. The van der Waals surface area contributed by atoms with Crippen molar-refractivity contribution in [3.8, 4) is 0 Å². The lowest BCUT2D eigenvalue weighted by Crippen LogP contribution is -2.17. The van der Waals surface area contributed by atoms with E-state index >= 15 is 0 Å². The van der Waals surface area contributed by atoms with Gasteiger partial charge in [-0.1, -0.05) is 43.7 Å². The standard InChI is InChI=1S/C12H16O2/c1-8(2)11(13)12(14)10-6-4-9(3)5-7-10/h4-8,12,14H,1-3H3/t12-/m1/s1. The third-order valence-corrected chi connectivity index (χ3v) is 2.23. The van der Waals surface area contributed by atoms with Gasteiger partial charge in [-0.15, -0.1) is 0 Å². The Balaban J connectivity index is 2.84. The number of benzene rings is 1. The van der Waals surface area contributed by atoms with Gasteiger partial charge in [-0.3, -0.25) is 4.79 Å². The minimum atomic E-state index is -0.976. The van der Waals surface area contributed by atoms with Crippen molar-refractivity contribution < 1.29 is 9.90 Å². The zero-order chi connectivity index (χ0) is 10.7. The predicted molar refractivity (Wildman–Crippen MR) is 56.0 cm³/mol. The molecule has 76 valence electrons. The fourth-order valence-electron chi connectivity index (χ4n) is 1.23. The first-order valence-electron chi connectivity index (χ1n) is 4.80. The van der Waals surface area contributed by atoms with E-state index in [-0.39, 0.29) is 11.7 Å². The highest BCUT2D eigenvalue weighted by molar-refractivity contribution is 5.85. The fraction of sp³-hybridized carbons (Fsp3) is 0.417. The number of aliphatic hydroxyl groups is 1. The van der Waals surface area contributed by atoms with Crippen LogP contribution in [0.5, 0.6) is 0 Å². The lowest BCUT2D eigenvalue weighted by molar-refractivity contribution is -0.130. The molecule has 0 saturated heterocycles. The van der Waals surface area contributed by atoms with Crippen LogP contribution in [0, 0.1) is 12.8 Å². The number of rotatable bonds is 3. The van der Waals surface area contributed by atoms with Crippen molar-refractivity contribution in [2.24, 2.45) is 5.92 Å². The van der Waals surface area contributed by atoms with Crippen molar-refractivity contribution in [1.82, 2.24) is 0 Å². The molecule has 0 aliphatic heterocycles. The van der Waals surface area contributed by atoms with Gasteiger partial charge in [0.2, 0.25) is 0 Å². The number of hydrogen-bond acceptors (Lipinski definition) is 2. The lowest BCUT2D eigenvalue weighted by Gasteiger charge is -2.12. The molecule has 0 amide bonds. The van der Waals surface area contributed by atoms with Crippen molar-refractivity contribution in [3.05, 3.63) is 35.4 Å². The van der Waals surface area contributed by atoms with Crippen LogP contribution in [0.15, 0.2) is 24.3 Å². The summed E-state index contributed by atoms with van der Waals surface area (Å²) in [7, 11) is 0. The van der Waals surface area contributed by atoms with E-state index in [0.29, 0.717) is 5.56 Å². The van der Waals surface area contributed by atoms with E-state index in [1.807, 2.05) is 19.1 Å². The SMILES string of the molecule is Cc1ccc([C@@H](O)C(=O)C(C)C)cc1. The van der Waals surface area contributed by atoms with Crippen molar-refractivity contribution in [2.75, 3.05) is 0 Å². The summed E-state index contributed by atoms with van der Waals surface area (Å²) in [5.74, 6) is -0.264. The quantitative estimate of drug-likeness (QED) is 0.797. The van der Waals surface area contributed by atoms with Crippen molar-refractivity contribution in [1.29, 1.82) is 0 Å². The molecule has 1 atom stereocenters. The lowest BCUT2D eigenvalue weighted by atomic mass is 9.97. The highest BCUT2D eigenvalue weighted by atomic mass is 16.3. The van der Waals surface area contributed by atoms with Gasteiger partial charge in [-0.2, -0.15) is 0 Å². The summed E-state index contributed by atoms with van der Waals surface area (Å²) < 4.78 is 0. The number of aliphatic hydroxyl groups excluding tert-OH is 1. The van der Waals surface area contributed by atoms with Crippen LogP contribution in [0.3, 0.4) is 0 Å². The molecule has 0 fully saturated rings. The number of ketones is 1. The molecule has 0 saturated carbocycles. The second kappa shape index (κ2) is 4.38. The van der Waals surface area contributed by atoms with Gasteiger partial charge >= 0.3 is 0 Å². The normalized spacial score (nSPS) is 12.9. The monoisotopic (exact) mass is 192 g/mol. The molecule has 0 aliphatic carbocycles. The van der Waals surface area contributed by atoms with Crippen LogP contribution < -0.4 is 0 Å². The molecule has 0 bridgehead atoms. The summed E-state index contributed by atoms with van der Waals surface area (Å²) in [5.41, 5.74) is 1.80. The molecule has 1 aromatic carbocycles. The maximum atomic E-state index is 11.5. The van der Waals surface area contributed by atoms with E-state index in [2.05, 4.69) is 0 Å². The van der Waals surface area contributed by atoms with Gasteiger partial charge in [0.15, 0.2) is 5.78 Å². The Hall–Kier alpha value is -1.15. The molecule has 0 spiro atoms. The summed E-state index contributed by atoms with van der Waals surface area (Å²) in [6.07, 6.45) is -0.976. The minimum absolute atomic E-state index is 0.131. The molecular weight excluding hydrogens is 176 g/mol. The predicted octanol–water partition coefficient (Wildman–Crippen LogP) is 2.25. The molecule has 2 nitrogen and oxygen atoms in total. The van der Waals surface area contributed by atoms with Crippen LogP contribution in [-0.2, 0) is 4.79 Å².